The second kappa shape index (κ2) is 11.7. The van der Waals surface area contributed by atoms with Gasteiger partial charge in [0.1, 0.15) is 5.60 Å². The molecule has 0 aromatic heterocycles. The molecule has 0 radical (unpaired) electrons. The number of esters is 1. The smallest absolute Gasteiger partial charge is 0.307 e. The Labute approximate surface area is 195 Å². The van der Waals surface area contributed by atoms with Crippen molar-refractivity contribution in [3.05, 3.63) is 71.8 Å². The van der Waals surface area contributed by atoms with E-state index in [0.29, 0.717) is 12.3 Å². The van der Waals surface area contributed by atoms with Crippen LogP contribution in [0.25, 0.3) is 0 Å². The summed E-state index contributed by atoms with van der Waals surface area (Å²) >= 11 is 0. The van der Waals surface area contributed by atoms with E-state index >= 15 is 0 Å². The molecule has 3 heteroatoms. The number of hydrogen-bond donors (Lipinski definition) is 0. The van der Waals surface area contributed by atoms with E-state index in [0.717, 1.165) is 6.54 Å². The minimum atomic E-state index is -0.458. The highest BCUT2D eigenvalue weighted by Crippen LogP contribution is 2.35. The Bertz CT molecular complexity index is 804. The van der Waals surface area contributed by atoms with E-state index in [1.165, 1.54) is 49.7 Å². The molecule has 1 aliphatic rings. The lowest BCUT2D eigenvalue weighted by molar-refractivity contribution is -0.157. The Morgan fingerprint density at radius 2 is 1.50 bits per heavy atom. The van der Waals surface area contributed by atoms with Crippen LogP contribution in [0.2, 0.25) is 0 Å². The van der Waals surface area contributed by atoms with Crippen LogP contribution in [0, 0.1) is 5.92 Å². The first-order chi connectivity index (χ1) is 15.3. The summed E-state index contributed by atoms with van der Waals surface area (Å²) in [5, 5.41) is 0. The standard InChI is InChI=1S/C29H41NO2/c1-23(25-17-13-8-14-18-25)30(22-24-15-9-7-10-16-24)27(21-28(31)32-29(2,3)4)26-19-11-5-6-12-20-26/h7-10,13-18,23,26-27H,5-6,11-12,19-22H2,1-4H3/t23-,27+/m1/s1. The van der Waals surface area contributed by atoms with Gasteiger partial charge >= 0.3 is 5.97 Å². The largest absolute Gasteiger partial charge is 0.460 e. The van der Waals surface area contributed by atoms with E-state index in [4.69, 9.17) is 4.74 Å². The van der Waals surface area contributed by atoms with Gasteiger partial charge in [-0.15, -0.1) is 0 Å². The van der Waals surface area contributed by atoms with Crippen molar-refractivity contribution >= 4 is 5.97 Å². The van der Waals surface area contributed by atoms with Crippen LogP contribution in [0.15, 0.2) is 60.7 Å². The summed E-state index contributed by atoms with van der Waals surface area (Å²) in [4.78, 5) is 15.6. The van der Waals surface area contributed by atoms with Crippen molar-refractivity contribution in [3.8, 4) is 0 Å². The fraction of sp³-hybridized carbons (Fsp3) is 0.552. The molecule has 1 saturated carbocycles. The second-order valence-corrected chi connectivity index (χ2v) is 10.4. The Hall–Kier alpha value is -2.13. The zero-order chi connectivity index (χ0) is 23.0. The van der Waals surface area contributed by atoms with Gasteiger partial charge in [0.25, 0.3) is 0 Å². The van der Waals surface area contributed by atoms with Gasteiger partial charge < -0.3 is 4.74 Å². The molecule has 0 N–H and O–H groups in total. The lowest BCUT2D eigenvalue weighted by atomic mass is 9.86. The number of hydrogen-bond acceptors (Lipinski definition) is 3. The Kier molecular flexibility index (Phi) is 8.92. The van der Waals surface area contributed by atoms with E-state index in [9.17, 15) is 4.79 Å². The predicted molar refractivity (Wildman–Crippen MR) is 132 cm³/mol. The first-order valence-electron chi connectivity index (χ1n) is 12.4. The highest BCUT2D eigenvalue weighted by atomic mass is 16.6. The predicted octanol–water partition coefficient (Wildman–Crippen LogP) is 7.32. The van der Waals surface area contributed by atoms with Gasteiger partial charge in [-0.05, 0) is 57.6 Å². The molecule has 0 saturated heterocycles. The van der Waals surface area contributed by atoms with Crippen LogP contribution in [-0.2, 0) is 16.1 Å². The molecule has 174 valence electrons. The lowest BCUT2D eigenvalue weighted by Crippen LogP contribution is -2.44. The molecule has 2 aromatic carbocycles. The van der Waals surface area contributed by atoms with E-state index in [-0.39, 0.29) is 18.1 Å². The topological polar surface area (TPSA) is 29.5 Å². The van der Waals surface area contributed by atoms with Crippen molar-refractivity contribution in [1.82, 2.24) is 4.90 Å². The maximum absolute atomic E-state index is 13.1. The fourth-order valence-corrected chi connectivity index (χ4v) is 5.06. The minimum absolute atomic E-state index is 0.0786. The zero-order valence-electron chi connectivity index (χ0n) is 20.4. The van der Waals surface area contributed by atoms with E-state index in [1.54, 1.807) is 0 Å². The van der Waals surface area contributed by atoms with Gasteiger partial charge in [-0.3, -0.25) is 9.69 Å². The molecule has 0 heterocycles. The maximum atomic E-state index is 13.1. The highest BCUT2D eigenvalue weighted by Gasteiger charge is 2.34. The van der Waals surface area contributed by atoms with Crippen molar-refractivity contribution in [3.63, 3.8) is 0 Å². The molecule has 3 nitrogen and oxygen atoms in total. The van der Waals surface area contributed by atoms with Gasteiger partial charge in [0.15, 0.2) is 0 Å². The summed E-state index contributed by atoms with van der Waals surface area (Å²) in [7, 11) is 0. The normalized spacial score (nSPS) is 17.5. The van der Waals surface area contributed by atoms with Crippen LogP contribution in [0.5, 0.6) is 0 Å². The third-order valence-electron chi connectivity index (χ3n) is 6.65. The number of benzene rings is 2. The third kappa shape index (κ3) is 7.48. The molecule has 2 aromatic rings. The first kappa shape index (κ1) is 24.5. The quantitative estimate of drug-likeness (QED) is 0.321. The molecule has 3 rings (SSSR count). The average Bonchev–Trinajstić information content (AvgIpc) is 3.05. The maximum Gasteiger partial charge on any atom is 0.307 e. The van der Waals surface area contributed by atoms with Crippen molar-refractivity contribution in [1.29, 1.82) is 0 Å². The summed E-state index contributed by atoms with van der Waals surface area (Å²) in [6.45, 7) is 9.00. The zero-order valence-corrected chi connectivity index (χ0v) is 20.4. The number of nitrogens with zero attached hydrogens (tertiary/aromatic N) is 1. The van der Waals surface area contributed by atoms with Crippen molar-refractivity contribution in [2.45, 2.75) is 96.9 Å². The SMILES string of the molecule is C[C@H](c1ccccc1)N(Cc1ccccc1)[C@@H](CC(=O)OC(C)(C)C)C1CCCCCC1. The number of rotatable bonds is 8. The van der Waals surface area contributed by atoms with E-state index in [1.807, 2.05) is 20.8 Å². The summed E-state index contributed by atoms with van der Waals surface area (Å²) in [5.41, 5.74) is 2.13. The van der Waals surface area contributed by atoms with Crippen LogP contribution < -0.4 is 0 Å². The molecule has 0 bridgehead atoms. The van der Waals surface area contributed by atoms with Gasteiger partial charge in [0.2, 0.25) is 0 Å². The molecule has 0 spiro atoms. The number of carbonyl (C=O) groups is 1. The van der Waals surface area contributed by atoms with Crippen LogP contribution in [0.1, 0.15) is 89.8 Å². The van der Waals surface area contributed by atoms with Gasteiger partial charge in [-0.25, -0.2) is 0 Å². The summed E-state index contributed by atoms with van der Waals surface area (Å²) in [6, 6.07) is 21.8. The molecule has 1 fully saturated rings. The van der Waals surface area contributed by atoms with Crippen molar-refractivity contribution < 1.29 is 9.53 Å². The molecule has 0 unspecified atom stereocenters. The van der Waals surface area contributed by atoms with Crippen molar-refractivity contribution in [2.24, 2.45) is 5.92 Å². The monoisotopic (exact) mass is 435 g/mol. The van der Waals surface area contributed by atoms with E-state index < -0.39 is 5.60 Å². The van der Waals surface area contributed by atoms with Gasteiger partial charge in [0.05, 0.1) is 6.42 Å². The molecule has 2 atom stereocenters. The summed E-state index contributed by atoms with van der Waals surface area (Å²) in [5.74, 6) is 0.435. The molecule has 0 amide bonds. The number of carbonyl (C=O) groups excluding carboxylic acids is 1. The molecular formula is C29H41NO2. The van der Waals surface area contributed by atoms with E-state index in [2.05, 4.69) is 72.5 Å². The van der Waals surface area contributed by atoms with Crippen LogP contribution in [0.3, 0.4) is 0 Å². The fourth-order valence-electron chi connectivity index (χ4n) is 5.06. The second-order valence-electron chi connectivity index (χ2n) is 10.4. The average molecular weight is 436 g/mol. The molecular weight excluding hydrogens is 394 g/mol. The minimum Gasteiger partial charge on any atom is -0.460 e. The highest BCUT2D eigenvalue weighted by molar-refractivity contribution is 5.70. The van der Waals surface area contributed by atoms with Crippen LogP contribution in [-0.4, -0.2) is 22.5 Å². The van der Waals surface area contributed by atoms with Crippen LogP contribution in [0.4, 0.5) is 0 Å². The van der Waals surface area contributed by atoms with Crippen molar-refractivity contribution in [2.75, 3.05) is 0 Å². The Morgan fingerprint density at radius 1 is 0.938 bits per heavy atom. The number of ether oxygens (including phenoxy) is 1. The molecule has 32 heavy (non-hydrogen) atoms. The third-order valence-corrected chi connectivity index (χ3v) is 6.65. The molecule has 0 aliphatic heterocycles. The molecule has 1 aliphatic carbocycles. The van der Waals surface area contributed by atoms with Gasteiger partial charge in [0, 0.05) is 18.6 Å². The summed E-state index contributed by atoms with van der Waals surface area (Å²) in [6.07, 6.45) is 7.97. The lowest BCUT2D eigenvalue weighted by Gasteiger charge is -2.41. The Balaban J connectivity index is 1.94. The van der Waals surface area contributed by atoms with Gasteiger partial charge in [-0.2, -0.15) is 0 Å². The first-order valence-corrected chi connectivity index (χ1v) is 12.4. The summed E-state index contributed by atoms with van der Waals surface area (Å²) < 4.78 is 5.81. The Morgan fingerprint density at radius 3 is 2.06 bits per heavy atom. The van der Waals surface area contributed by atoms with Crippen LogP contribution >= 0.6 is 0 Å². The van der Waals surface area contributed by atoms with Gasteiger partial charge in [-0.1, -0.05) is 86.3 Å².